The number of nitro groups is 1. The molecule has 0 aliphatic carbocycles. The Kier molecular flexibility index (Phi) is 7.34. The van der Waals surface area contributed by atoms with Crippen molar-refractivity contribution in [1.29, 1.82) is 0 Å². The van der Waals surface area contributed by atoms with Gasteiger partial charge in [0.25, 0.3) is 5.69 Å². The number of non-ortho nitro benzene ring substituents is 1. The summed E-state index contributed by atoms with van der Waals surface area (Å²) in [6, 6.07) is 15.5. The zero-order valence-electron chi connectivity index (χ0n) is 13.8. The molecule has 0 heterocycles. The molecule has 0 aromatic heterocycles. The summed E-state index contributed by atoms with van der Waals surface area (Å²) in [5.41, 5.74) is 1.09. The minimum atomic E-state index is -0.745. The normalized spacial score (nSPS) is 12.1. The number of nitrogens with zero attached hydrogens (tertiary/aromatic N) is 2. The van der Waals surface area contributed by atoms with E-state index in [1.54, 1.807) is 0 Å². The van der Waals surface area contributed by atoms with E-state index in [2.05, 4.69) is 0 Å². The molecule has 0 radical (unpaired) electrons. The zero-order valence-corrected chi connectivity index (χ0v) is 13.8. The number of benzene rings is 2. The summed E-state index contributed by atoms with van der Waals surface area (Å²) >= 11 is 0. The molecule has 1 atom stereocenters. The first-order chi connectivity index (χ1) is 12.1. The van der Waals surface area contributed by atoms with E-state index in [0.717, 1.165) is 5.56 Å². The molecular formula is C18H22N2O5. The summed E-state index contributed by atoms with van der Waals surface area (Å²) in [7, 11) is 0. The van der Waals surface area contributed by atoms with E-state index < -0.39 is 11.0 Å². The number of rotatable bonds is 10. The highest BCUT2D eigenvalue weighted by Crippen LogP contribution is 2.17. The molecule has 0 bridgehead atoms. The zero-order chi connectivity index (χ0) is 18.1. The van der Waals surface area contributed by atoms with Crippen LogP contribution in [0.15, 0.2) is 54.6 Å². The lowest BCUT2D eigenvalue weighted by Crippen LogP contribution is -2.37. The van der Waals surface area contributed by atoms with Crippen LogP contribution in [0.1, 0.15) is 5.56 Å². The van der Waals surface area contributed by atoms with Gasteiger partial charge in [0, 0.05) is 31.8 Å². The molecule has 2 aromatic carbocycles. The van der Waals surface area contributed by atoms with Gasteiger partial charge < -0.3 is 14.9 Å². The van der Waals surface area contributed by atoms with E-state index in [1.807, 2.05) is 35.2 Å². The summed E-state index contributed by atoms with van der Waals surface area (Å²) in [6.07, 6.45) is -0.745. The van der Waals surface area contributed by atoms with Crippen LogP contribution in [0.25, 0.3) is 0 Å². The lowest BCUT2D eigenvalue weighted by atomic mass is 10.2. The van der Waals surface area contributed by atoms with Crippen molar-refractivity contribution in [2.45, 2.75) is 12.6 Å². The smallest absolute Gasteiger partial charge is 0.269 e. The summed E-state index contributed by atoms with van der Waals surface area (Å²) in [5, 5.41) is 30.0. The monoisotopic (exact) mass is 346 g/mol. The third-order valence-corrected chi connectivity index (χ3v) is 3.62. The minimum Gasteiger partial charge on any atom is -0.491 e. The largest absolute Gasteiger partial charge is 0.491 e. The SMILES string of the molecule is O=[N+]([O-])c1ccc(OCC(O)CN(CCO)Cc2ccccc2)cc1. The molecule has 0 saturated heterocycles. The Morgan fingerprint density at radius 3 is 2.40 bits per heavy atom. The fourth-order valence-corrected chi connectivity index (χ4v) is 2.43. The molecule has 0 aliphatic rings. The molecule has 2 aromatic rings. The van der Waals surface area contributed by atoms with Gasteiger partial charge >= 0.3 is 0 Å². The van der Waals surface area contributed by atoms with Gasteiger partial charge in [0.05, 0.1) is 11.5 Å². The fourth-order valence-electron chi connectivity index (χ4n) is 2.43. The van der Waals surface area contributed by atoms with Crippen LogP contribution in [0.2, 0.25) is 0 Å². The van der Waals surface area contributed by atoms with Crippen molar-refractivity contribution in [3.63, 3.8) is 0 Å². The molecule has 7 nitrogen and oxygen atoms in total. The first kappa shape index (κ1) is 18.9. The van der Waals surface area contributed by atoms with Gasteiger partial charge in [-0.3, -0.25) is 15.0 Å². The second-order valence-electron chi connectivity index (χ2n) is 5.66. The quantitative estimate of drug-likeness (QED) is 0.503. The van der Waals surface area contributed by atoms with Crippen molar-refractivity contribution in [1.82, 2.24) is 4.90 Å². The minimum absolute atomic E-state index is 0.00274. The molecule has 134 valence electrons. The van der Waals surface area contributed by atoms with Gasteiger partial charge in [-0.15, -0.1) is 0 Å². The molecule has 25 heavy (non-hydrogen) atoms. The Balaban J connectivity index is 1.83. The summed E-state index contributed by atoms with van der Waals surface area (Å²) in [6.45, 7) is 1.49. The van der Waals surface area contributed by atoms with Gasteiger partial charge in [0.15, 0.2) is 0 Å². The Labute approximate surface area is 146 Å². The van der Waals surface area contributed by atoms with Crippen LogP contribution in [0, 0.1) is 10.1 Å². The molecule has 7 heteroatoms. The van der Waals surface area contributed by atoms with Crippen LogP contribution in [-0.4, -0.2) is 52.4 Å². The predicted octanol–water partition coefficient (Wildman–Crippen LogP) is 1.83. The fraction of sp³-hybridized carbons (Fsp3) is 0.333. The Morgan fingerprint density at radius 1 is 1.12 bits per heavy atom. The van der Waals surface area contributed by atoms with Gasteiger partial charge in [-0.05, 0) is 17.7 Å². The first-order valence-electron chi connectivity index (χ1n) is 8.01. The molecule has 0 spiro atoms. The van der Waals surface area contributed by atoms with Gasteiger partial charge in [-0.2, -0.15) is 0 Å². The van der Waals surface area contributed by atoms with Crippen LogP contribution in [0.5, 0.6) is 5.75 Å². The third-order valence-electron chi connectivity index (χ3n) is 3.62. The number of aliphatic hydroxyl groups is 2. The number of hydrogen-bond acceptors (Lipinski definition) is 6. The summed E-state index contributed by atoms with van der Waals surface area (Å²) < 4.78 is 5.47. The molecule has 2 rings (SSSR count). The van der Waals surface area contributed by atoms with E-state index in [1.165, 1.54) is 24.3 Å². The van der Waals surface area contributed by atoms with Crippen molar-refractivity contribution < 1.29 is 19.9 Å². The van der Waals surface area contributed by atoms with Crippen molar-refractivity contribution in [2.24, 2.45) is 0 Å². The Bertz CT molecular complexity index is 648. The standard InChI is InChI=1S/C18H22N2O5/c21-11-10-19(12-15-4-2-1-3-5-15)13-17(22)14-25-18-8-6-16(7-9-18)20(23)24/h1-9,17,21-22H,10-14H2. The van der Waals surface area contributed by atoms with Crippen molar-refractivity contribution in [3.8, 4) is 5.75 Å². The lowest BCUT2D eigenvalue weighted by molar-refractivity contribution is -0.384. The van der Waals surface area contributed by atoms with Gasteiger partial charge in [0.2, 0.25) is 0 Å². The number of hydrogen-bond donors (Lipinski definition) is 2. The predicted molar refractivity (Wildman–Crippen MR) is 93.4 cm³/mol. The van der Waals surface area contributed by atoms with Crippen LogP contribution >= 0.6 is 0 Å². The number of aliphatic hydroxyl groups excluding tert-OH is 2. The Hall–Kier alpha value is -2.48. The molecule has 0 fully saturated rings. The first-order valence-corrected chi connectivity index (χ1v) is 8.01. The number of nitro benzene ring substituents is 1. The lowest BCUT2D eigenvalue weighted by Gasteiger charge is -2.24. The second kappa shape index (κ2) is 9.73. The van der Waals surface area contributed by atoms with E-state index in [-0.39, 0.29) is 18.9 Å². The maximum absolute atomic E-state index is 10.6. The Morgan fingerprint density at radius 2 is 1.80 bits per heavy atom. The van der Waals surface area contributed by atoms with E-state index >= 15 is 0 Å². The average molecular weight is 346 g/mol. The van der Waals surface area contributed by atoms with Gasteiger partial charge in [0.1, 0.15) is 18.5 Å². The molecule has 2 N–H and O–H groups in total. The van der Waals surface area contributed by atoms with E-state index in [4.69, 9.17) is 4.74 Å². The molecule has 1 unspecified atom stereocenters. The topological polar surface area (TPSA) is 96.1 Å². The third kappa shape index (κ3) is 6.50. The highest BCUT2D eigenvalue weighted by atomic mass is 16.6. The van der Waals surface area contributed by atoms with Crippen LogP contribution < -0.4 is 4.74 Å². The molecular weight excluding hydrogens is 324 g/mol. The van der Waals surface area contributed by atoms with Crippen molar-refractivity contribution in [3.05, 3.63) is 70.3 Å². The van der Waals surface area contributed by atoms with Gasteiger partial charge in [-0.25, -0.2) is 0 Å². The average Bonchev–Trinajstić information content (AvgIpc) is 2.61. The van der Waals surface area contributed by atoms with Crippen molar-refractivity contribution in [2.75, 3.05) is 26.3 Å². The maximum Gasteiger partial charge on any atom is 0.269 e. The van der Waals surface area contributed by atoms with Crippen LogP contribution in [0.3, 0.4) is 0 Å². The second-order valence-corrected chi connectivity index (χ2v) is 5.66. The summed E-state index contributed by atoms with van der Waals surface area (Å²) in [5.74, 6) is 0.460. The molecule has 0 saturated carbocycles. The van der Waals surface area contributed by atoms with E-state index in [9.17, 15) is 20.3 Å². The maximum atomic E-state index is 10.6. The van der Waals surface area contributed by atoms with Crippen molar-refractivity contribution >= 4 is 5.69 Å². The highest BCUT2D eigenvalue weighted by molar-refractivity contribution is 5.35. The summed E-state index contributed by atoms with van der Waals surface area (Å²) in [4.78, 5) is 12.1. The van der Waals surface area contributed by atoms with Crippen LogP contribution in [0.4, 0.5) is 5.69 Å². The molecule has 0 amide bonds. The van der Waals surface area contributed by atoms with Gasteiger partial charge in [-0.1, -0.05) is 30.3 Å². The van der Waals surface area contributed by atoms with E-state index in [0.29, 0.717) is 25.4 Å². The highest BCUT2D eigenvalue weighted by Gasteiger charge is 2.13. The van der Waals surface area contributed by atoms with Crippen LogP contribution in [-0.2, 0) is 6.54 Å². The number of ether oxygens (including phenoxy) is 1. The molecule has 0 aliphatic heterocycles.